The summed E-state index contributed by atoms with van der Waals surface area (Å²) in [7, 11) is 0. The molecule has 1 rings (SSSR count). The summed E-state index contributed by atoms with van der Waals surface area (Å²) < 4.78 is 0. The van der Waals surface area contributed by atoms with E-state index in [1.165, 1.54) is 0 Å². The van der Waals surface area contributed by atoms with Crippen LogP contribution >= 0.6 is 11.3 Å². The maximum Gasteiger partial charge on any atom is 0.315 e. The van der Waals surface area contributed by atoms with Crippen molar-refractivity contribution in [2.45, 2.75) is 26.4 Å². The second-order valence-corrected chi connectivity index (χ2v) is 4.65. The monoisotopic (exact) mass is 256 g/mol. The van der Waals surface area contributed by atoms with Gasteiger partial charge in [0.25, 0.3) is 0 Å². The predicted molar refractivity (Wildman–Crippen MR) is 66.0 cm³/mol. The first kappa shape index (κ1) is 13.5. The number of nitrogens with one attached hydrogen (secondary N) is 2. The van der Waals surface area contributed by atoms with E-state index in [1.54, 1.807) is 25.2 Å². The summed E-state index contributed by atoms with van der Waals surface area (Å²) in [6.45, 7) is 3.68. The molecule has 94 valence electrons. The zero-order chi connectivity index (χ0) is 12.8. The van der Waals surface area contributed by atoms with Crippen LogP contribution in [0, 0.1) is 5.92 Å². The van der Waals surface area contributed by atoms with Gasteiger partial charge in [0.1, 0.15) is 0 Å². The molecule has 0 bridgehead atoms. The molecule has 2 amide bonds. The molecular formula is C11H16N2O3S. The first-order valence-corrected chi connectivity index (χ1v) is 6.23. The minimum Gasteiger partial charge on any atom is -0.481 e. The molecular weight excluding hydrogens is 240 g/mol. The van der Waals surface area contributed by atoms with Gasteiger partial charge in [0.05, 0.1) is 5.92 Å². The average Bonchev–Trinajstić information content (AvgIpc) is 2.77. The van der Waals surface area contributed by atoms with Crippen molar-refractivity contribution in [3.05, 3.63) is 22.4 Å². The molecule has 3 N–H and O–H groups in total. The Morgan fingerprint density at radius 1 is 1.47 bits per heavy atom. The highest BCUT2D eigenvalue weighted by Gasteiger charge is 2.20. The number of carbonyl (C=O) groups excluding carboxylic acids is 1. The van der Waals surface area contributed by atoms with Crippen molar-refractivity contribution >= 4 is 23.3 Å². The highest BCUT2D eigenvalue weighted by molar-refractivity contribution is 7.07. The average molecular weight is 256 g/mol. The summed E-state index contributed by atoms with van der Waals surface area (Å²) in [5.74, 6) is -1.53. The Morgan fingerprint density at radius 2 is 2.18 bits per heavy atom. The number of rotatable bonds is 5. The molecule has 0 fully saturated rings. The first-order chi connectivity index (χ1) is 8.00. The van der Waals surface area contributed by atoms with Crippen molar-refractivity contribution in [2.24, 2.45) is 5.92 Å². The zero-order valence-electron chi connectivity index (χ0n) is 9.77. The zero-order valence-corrected chi connectivity index (χ0v) is 10.6. The molecule has 17 heavy (non-hydrogen) atoms. The lowest BCUT2D eigenvalue weighted by atomic mass is 10.0. The molecule has 0 aliphatic heterocycles. The van der Waals surface area contributed by atoms with Crippen LogP contribution < -0.4 is 10.6 Å². The lowest BCUT2D eigenvalue weighted by molar-refractivity contribution is -0.141. The van der Waals surface area contributed by atoms with Crippen LogP contribution in [0.2, 0.25) is 0 Å². The summed E-state index contributed by atoms with van der Waals surface area (Å²) in [4.78, 5) is 22.2. The molecule has 0 spiro atoms. The second-order valence-electron chi connectivity index (χ2n) is 3.87. The van der Waals surface area contributed by atoms with E-state index in [4.69, 9.17) is 5.11 Å². The minimum atomic E-state index is -0.921. The largest absolute Gasteiger partial charge is 0.481 e. The summed E-state index contributed by atoms with van der Waals surface area (Å²) in [6.07, 6.45) is 0. The standard InChI is InChI=1S/C11H16N2O3S/c1-7(10(14)15)8(2)13-11(16)12-5-9-3-4-17-6-9/h3-4,6-8H,5H2,1-2H3,(H,14,15)(H2,12,13,16). The summed E-state index contributed by atoms with van der Waals surface area (Å²) >= 11 is 1.56. The van der Waals surface area contributed by atoms with Crippen LogP contribution in [0.25, 0.3) is 0 Å². The lowest BCUT2D eigenvalue weighted by Gasteiger charge is -2.17. The maximum absolute atomic E-state index is 11.5. The number of carboxylic acids is 1. The van der Waals surface area contributed by atoms with Gasteiger partial charge in [-0.1, -0.05) is 0 Å². The molecule has 6 heteroatoms. The molecule has 2 unspecified atom stereocenters. The molecule has 0 aromatic carbocycles. The number of carbonyl (C=O) groups is 2. The van der Waals surface area contributed by atoms with E-state index in [0.29, 0.717) is 6.54 Å². The molecule has 1 heterocycles. The van der Waals surface area contributed by atoms with Crippen molar-refractivity contribution in [1.82, 2.24) is 10.6 Å². The van der Waals surface area contributed by atoms with Gasteiger partial charge in [-0.25, -0.2) is 4.79 Å². The number of thiophene rings is 1. The van der Waals surface area contributed by atoms with E-state index < -0.39 is 17.9 Å². The number of amides is 2. The Morgan fingerprint density at radius 3 is 2.71 bits per heavy atom. The van der Waals surface area contributed by atoms with Crippen LogP contribution in [0.3, 0.4) is 0 Å². The first-order valence-electron chi connectivity index (χ1n) is 5.29. The van der Waals surface area contributed by atoms with Crippen molar-refractivity contribution in [3.63, 3.8) is 0 Å². The SMILES string of the molecule is CC(NC(=O)NCc1ccsc1)C(C)C(=O)O. The number of urea groups is 1. The summed E-state index contributed by atoms with van der Waals surface area (Å²) in [5, 5.41) is 17.9. The molecule has 5 nitrogen and oxygen atoms in total. The minimum absolute atomic E-state index is 0.350. The lowest BCUT2D eigenvalue weighted by Crippen LogP contribution is -2.44. The van der Waals surface area contributed by atoms with E-state index in [0.717, 1.165) is 5.56 Å². The Labute approximate surface area is 104 Å². The highest BCUT2D eigenvalue weighted by Crippen LogP contribution is 2.05. The van der Waals surface area contributed by atoms with Gasteiger partial charge in [-0.3, -0.25) is 4.79 Å². The third-order valence-electron chi connectivity index (χ3n) is 2.53. The molecule has 0 saturated heterocycles. The summed E-state index contributed by atoms with van der Waals surface area (Å²) in [5.41, 5.74) is 1.03. The van der Waals surface area contributed by atoms with E-state index in [-0.39, 0.29) is 6.03 Å². The fourth-order valence-corrected chi connectivity index (χ4v) is 1.84. The van der Waals surface area contributed by atoms with Crippen molar-refractivity contribution < 1.29 is 14.7 Å². The maximum atomic E-state index is 11.5. The predicted octanol–water partition coefficient (Wildman–Crippen LogP) is 1.66. The number of carboxylic acid groups (broad SMARTS) is 1. The second kappa shape index (κ2) is 6.24. The van der Waals surface area contributed by atoms with Crippen LogP contribution in [-0.2, 0) is 11.3 Å². The van der Waals surface area contributed by atoms with Crippen LogP contribution in [0.15, 0.2) is 16.8 Å². The normalized spacial score (nSPS) is 13.8. The molecule has 0 aliphatic carbocycles. The quantitative estimate of drug-likeness (QED) is 0.749. The Bertz CT molecular complexity index is 378. The number of hydrogen-bond acceptors (Lipinski definition) is 3. The van der Waals surface area contributed by atoms with Gasteiger partial charge >= 0.3 is 12.0 Å². The van der Waals surface area contributed by atoms with E-state index in [2.05, 4.69) is 10.6 Å². The molecule has 0 aliphatic rings. The smallest absolute Gasteiger partial charge is 0.315 e. The van der Waals surface area contributed by atoms with E-state index >= 15 is 0 Å². The van der Waals surface area contributed by atoms with Gasteiger partial charge < -0.3 is 15.7 Å². The van der Waals surface area contributed by atoms with Crippen LogP contribution in [0.4, 0.5) is 4.79 Å². The Hall–Kier alpha value is -1.56. The van der Waals surface area contributed by atoms with Gasteiger partial charge in [0.15, 0.2) is 0 Å². The molecule has 0 saturated carbocycles. The Kier molecular flexibility index (Phi) is 4.96. The Balaban J connectivity index is 2.32. The van der Waals surface area contributed by atoms with Gasteiger partial charge in [-0.05, 0) is 36.2 Å². The number of aliphatic carboxylic acids is 1. The molecule has 1 aromatic rings. The fourth-order valence-electron chi connectivity index (χ4n) is 1.17. The van der Waals surface area contributed by atoms with Crippen LogP contribution in [-0.4, -0.2) is 23.1 Å². The number of hydrogen-bond donors (Lipinski definition) is 3. The van der Waals surface area contributed by atoms with Gasteiger partial charge in [-0.2, -0.15) is 11.3 Å². The molecule has 1 aromatic heterocycles. The van der Waals surface area contributed by atoms with Gasteiger partial charge in [0, 0.05) is 12.6 Å². The van der Waals surface area contributed by atoms with Crippen LogP contribution in [0.1, 0.15) is 19.4 Å². The third-order valence-corrected chi connectivity index (χ3v) is 3.26. The fraction of sp³-hybridized carbons (Fsp3) is 0.455. The topological polar surface area (TPSA) is 78.4 Å². The summed E-state index contributed by atoms with van der Waals surface area (Å²) in [6, 6.07) is 1.17. The van der Waals surface area contributed by atoms with Crippen LogP contribution in [0.5, 0.6) is 0 Å². The third kappa shape index (κ3) is 4.44. The van der Waals surface area contributed by atoms with Gasteiger partial charge in [0.2, 0.25) is 0 Å². The highest BCUT2D eigenvalue weighted by atomic mass is 32.1. The van der Waals surface area contributed by atoms with Crippen molar-refractivity contribution in [1.29, 1.82) is 0 Å². The molecule has 2 atom stereocenters. The molecule has 0 radical (unpaired) electrons. The van der Waals surface area contributed by atoms with Crippen molar-refractivity contribution in [3.8, 4) is 0 Å². The van der Waals surface area contributed by atoms with E-state index in [9.17, 15) is 9.59 Å². The van der Waals surface area contributed by atoms with Gasteiger partial charge in [-0.15, -0.1) is 0 Å². The van der Waals surface area contributed by atoms with Crippen molar-refractivity contribution in [2.75, 3.05) is 0 Å². The van der Waals surface area contributed by atoms with E-state index in [1.807, 2.05) is 16.8 Å².